The number of pyridine rings is 1. The maximum atomic E-state index is 13.1. The Kier molecular flexibility index (Phi) is 6.00. The summed E-state index contributed by atoms with van der Waals surface area (Å²) in [5.74, 6) is 0.544. The van der Waals surface area contributed by atoms with E-state index < -0.39 is 0 Å². The fourth-order valence-corrected chi connectivity index (χ4v) is 4.16. The lowest BCUT2D eigenvalue weighted by Crippen LogP contribution is -2.31. The maximum absolute atomic E-state index is 13.1. The van der Waals surface area contributed by atoms with Gasteiger partial charge in [-0.25, -0.2) is 4.98 Å². The number of nitrogens with zero attached hydrogens (tertiary/aromatic N) is 3. The first kappa shape index (κ1) is 20.3. The Labute approximate surface area is 173 Å². The van der Waals surface area contributed by atoms with E-state index in [1.807, 2.05) is 26.8 Å². The van der Waals surface area contributed by atoms with E-state index in [9.17, 15) is 9.59 Å². The summed E-state index contributed by atoms with van der Waals surface area (Å²) in [6.45, 7) is 10.7. The van der Waals surface area contributed by atoms with Gasteiger partial charge in [-0.15, -0.1) is 6.58 Å². The quantitative estimate of drug-likeness (QED) is 0.444. The largest absolute Gasteiger partial charge is 0.366 e. The number of hydrogen-bond donors (Lipinski definition) is 1. The molecule has 0 radical (unpaired) electrons. The first-order chi connectivity index (χ1) is 13.3. The van der Waals surface area contributed by atoms with Crippen LogP contribution in [0.25, 0.3) is 11.7 Å². The zero-order chi connectivity index (χ0) is 20.4. The number of carbonyl (C=O) groups excluding carboxylic acids is 1. The van der Waals surface area contributed by atoms with Crippen LogP contribution in [0.2, 0.25) is 0 Å². The van der Waals surface area contributed by atoms with Gasteiger partial charge in [0.25, 0.3) is 11.5 Å². The number of nitrogens with one attached hydrogen (secondary N) is 1. The second kappa shape index (κ2) is 8.28. The van der Waals surface area contributed by atoms with Gasteiger partial charge in [-0.3, -0.25) is 18.9 Å². The predicted molar refractivity (Wildman–Crippen MR) is 120 cm³/mol. The summed E-state index contributed by atoms with van der Waals surface area (Å²) in [5.41, 5.74) is 1.55. The van der Waals surface area contributed by atoms with Crippen LogP contribution in [-0.4, -0.2) is 37.6 Å². The summed E-state index contributed by atoms with van der Waals surface area (Å²) >= 11 is 6.57. The fraction of sp³-hybridized carbons (Fsp3) is 0.300. The number of carbonyl (C=O) groups is 1. The van der Waals surface area contributed by atoms with Crippen LogP contribution < -0.4 is 10.9 Å². The van der Waals surface area contributed by atoms with Crippen LogP contribution >= 0.6 is 24.0 Å². The molecule has 8 heteroatoms. The monoisotopic (exact) mass is 414 g/mol. The Morgan fingerprint density at radius 1 is 1.39 bits per heavy atom. The highest BCUT2D eigenvalue weighted by molar-refractivity contribution is 8.26. The van der Waals surface area contributed by atoms with Crippen molar-refractivity contribution in [2.75, 3.05) is 18.4 Å². The molecule has 0 saturated carbocycles. The van der Waals surface area contributed by atoms with Gasteiger partial charge in [0.05, 0.1) is 10.5 Å². The van der Waals surface area contributed by atoms with E-state index in [2.05, 4.69) is 16.9 Å². The second-order valence-electron chi connectivity index (χ2n) is 6.92. The number of rotatable bonds is 6. The summed E-state index contributed by atoms with van der Waals surface area (Å²) < 4.78 is 2.00. The summed E-state index contributed by atoms with van der Waals surface area (Å²) in [7, 11) is 0. The van der Waals surface area contributed by atoms with E-state index in [1.165, 1.54) is 16.2 Å². The topological polar surface area (TPSA) is 66.7 Å². The van der Waals surface area contributed by atoms with Crippen LogP contribution in [0.1, 0.15) is 25.0 Å². The molecule has 0 aromatic carbocycles. The Hall–Kier alpha value is -2.45. The third-order valence-corrected chi connectivity index (χ3v) is 5.57. The Balaban J connectivity index is 2.14. The molecule has 1 fully saturated rings. The number of hydrogen-bond acceptors (Lipinski definition) is 6. The minimum Gasteiger partial charge on any atom is -0.366 e. The van der Waals surface area contributed by atoms with Crippen molar-refractivity contribution in [3.05, 3.63) is 57.4 Å². The summed E-state index contributed by atoms with van der Waals surface area (Å²) in [6.07, 6.45) is 4.96. The van der Waals surface area contributed by atoms with Gasteiger partial charge in [-0.1, -0.05) is 50.0 Å². The molecule has 1 saturated heterocycles. The van der Waals surface area contributed by atoms with Crippen LogP contribution in [0.4, 0.5) is 5.82 Å². The summed E-state index contributed by atoms with van der Waals surface area (Å²) in [4.78, 5) is 32.6. The molecule has 28 heavy (non-hydrogen) atoms. The minimum atomic E-state index is -0.241. The SMILES string of the molecule is C=CCNc1nc2c(C)cccn2c(=O)c1/C=C1/SC(=S)N(CC(C)C)C1=O. The van der Waals surface area contributed by atoms with E-state index in [1.54, 1.807) is 29.3 Å². The Morgan fingerprint density at radius 3 is 2.82 bits per heavy atom. The number of fused-ring (bicyclic) bond motifs is 1. The first-order valence-electron chi connectivity index (χ1n) is 8.95. The number of aryl methyl sites for hydroxylation is 1. The van der Waals surface area contributed by atoms with E-state index in [-0.39, 0.29) is 11.5 Å². The molecule has 1 aliphatic rings. The first-order valence-corrected chi connectivity index (χ1v) is 10.2. The maximum Gasteiger partial charge on any atom is 0.267 e. The number of thiocarbonyl (C=S) groups is 1. The highest BCUT2D eigenvalue weighted by Crippen LogP contribution is 2.33. The lowest BCUT2D eigenvalue weighted by molar-refractivity contribution is -0.122. The molecule has 1 N–H and O–H groups in total. The molecular weight excluding hydrogens is 392 g/mol. The van der Waals surface area contributed by atoms with E-state index in [4.69, 9.17) is 12.2 Å². The van der Waals surface area contributed by atoms with Crippen molar-refractivity contribution >= 4 is 51.7 Å². The predicted octanol–water partition coefficient (Wildman–Crippen LogP) is 3.46. The number of amides is 1. The van der Waals surface area contributed by atoms with Crippen LogP contribution in [0.3, 0.4) is 0 Å². The highest BCUT2D eigenvalue weighted by atomic mass is 32.2. The average Bonchev–Trinajstić information content (AvgIpc) is 2.90. The molecule has 1 aliphatic heterocycles. The molecule has 0 atom stereocenters. The third-order valence-electron chi connectivity index (χ3n) is 4.19. The molecule has 6 nitrogen and oxygen atoms in total. The van der Waals surface area contributed by atoms with Crippen LogP contribution in [0.15, 0.2) is 40.7 Å². The van der Waals surface area contributed by atoms with E-state index in [0.717, 1.165) is 5.56 Å². The molecule has 0 spiro atoms. The van der Waals surface area contributed by atoms with Crippen LogP contribution in [-0.2, 0) is 4.79 Å². The van der Waals surface area contributed by atoms with Crippen molar-refractivity contribution < 1.29 is 4.79 Å². The van der Waals surface area contributed by atoms with Gasteiger partial charge in [-0.05, 0) is 30.5 Å². The van der Waals surface area contributed by atoms with Gasteiger partial charge >= 0.3 is 0 Å². The summed E-state index contributed by atoms with van der Waals surface area (Å²) in [6, 6.07) is 3.70. The molecular formula is C20H22N4O2S2. The van der Waals surface area contributed by atoms with Gasteiger partial charge < -0.3 is 5.32 Å². The molecule has 3 rings (SSSR count). The van der Waals surface area contributed by atoms with Gasteiger partial charge in [0, 0.05) is 19.3 Å². The van der Waals surface area contributed by atoms with E-state index in [0.29, 0.717) is 45.3 Å². The van der Waals surface area contributed by atoms with Crippen molar-refractivity contribution in [3.63, 3.8) is 0 Å². The second-order valence-corrected chi connectivity index (χ2v) is 8.60. The lowest BCUT2D eigenvalue weighted by atomic mass is 10.2. The standard InChI is InChI=1S/C20H22N4O2S2/c1-5-8-21-16-14(18(25)23-9-6-7-13(4)17(23)22-16)10-15-19(26)24(11-12(2)3)20(27)28-15/h5-7,9-10,12,21H,1,8,11H2,2-4H3/b15-10+. The minimum absolute atomic E-state index is 0.174. The Morgan fingerprint density at radius 2 is 2.14 bits per heavy atom. The fourth-order valence-electron chi connectivity index (χ4n) is 2.90. The van der Waals surface area contributed by atoms with Gasteiger partial charge in [0.2, 0.25) is 0 Å². The van der Waals surface area contributed by atoms with Crippen molar-refractivity contribution in [2.24, 2.45) is 5.92 Å². The summed E-state index contributed by atoms with van der Waals surface area (Å²) in [5, 5.41) is 3.11. The van der Waals surface area contributed by atoms with Crippen LogP contribution in [0, 0.1) is 12.8 Å². The molecule has 0 aliphatic carbocycles. The van der Waals surface area contributed by atoms with Crippen molar-refractivity contribution in [2.45, 2.75) is 20.8 Å². The van der Waals surface area contributed by atoms with Crippen molar-refractivity contribution in [3.8, 4) is 0 Å². The number of thioether (sulfide) groups is 1. The van der Waals surface area contributed by atoms with E-state index >= 15 is 0 Å². The highest BCUT2D eigenvalue weighted by Gasteiger charge is 2.32. The van der Waals surface area contributed by atoms with Crippen LogP contribution in [0.5, 0.6) is 0 Å². The number of aromatic nitrogens is 2. The number of anilines is 1. The zero-order valence-corrected chi connectivity index (χ0v) is 17.7. The molecule has 0 bridgehead atoms. The normalized spacial score (nSPS) is 15.9. The molecule has 146 valence electrons. The molecule has 2 aromatic rings. The van der Waals surface area contributed by atoms with Gasteiger partial charge in [-0.2, -0.15) is 0 Å². The van der Waals surface area contributed by atoms with Gasteiger partial charge in [0.15, 0.2) is 0 Å². The zero-order valence-electron chi connectivity index (χ0n) is 16.1. The van der Waals surface area contributed by atoms with Gasteiger partial charge in [0.1, 0.15) is 15.8 Å². The molecule has 0 unspecified atom stereocenters. The molecule has 3 heterocycles. The van der Waals surface area contributed by atoms with Crippen molar-refractivity contribution in [1.29, 1.82) is 0 Å². The molecule has 2 aromatic heterocycles. The third kappa shape index (κ3) is 3.88. The smallest absolute Gasteiger partial charge is 0.267 e. The average molecular weight is 415 g/mol. The van der Waals surface area contributed by atoms with Crippen molar-refractivity contribution in [1.82, 2.24) is 14.3 Å². The lowest BCUT2D eigenvalue weighted by Gasteiger charge is -2.16. The molecule has 1 amide bonds. The Bertz CT molecular complexity index is 1060.